The normalized spacial score (nSPS) is 11.1. The van der Waals surface area contributed by atoms with Gasteiger partial charge in [0.25, 0.3) is 5.91 Å². The van der Waals surface area contributed by atoms with Gasteiger partial charge in [-0.15, -0.1) is 0 Å². The topological polar surface area (TPSA) is 75.6 Å². The highest BCUT2D eigenvalue weighted by Crippen LogP contribution is 2.22. The average Bonchev–Trinajstić information content (AvgIpc) is 2.75. The third kappa shape index (κ3) is 6.20. The first kappa shape index (κ1) is 23.1. The third-order valence-corrected chi connectivity index (χ3v) is 4.90. The van der Waals surface area contributed by atoms with Crippen LogP contribution in [-0.2, 0) is 11.2 Å². The second kappa shape index (κ2) is 9.69. The molecule has 0 bridgehead atoms. The van der Waals surface area contributed by atoms with Gasteiger partial charge in [-0.05, 0) is 75.1 Å². The Bertz CT molecular complexity index is 1090. The summed E-state index contributed by atoms with van der Waals surface area (Å²) in [5.41, 5.74) is 4.34. The molecular weight excluding hydrogens is 402 g/mol. The van der Waals surface area contributed by atoms with Crippen molar-refractivity contribution in [2.24, 2.45) is 0 Å². The molecule has 0 fully saturated rings. The molecule has 0 spiro atoms. The summed E-state index contributed by atoms with van der Waals surface area (Å²) in [5.74, 6) is -0.636. The van der Waals surface area contributed by atoms with E-state index in [-0.39, 0.29) is 23.2 Å². The Balaban J connectivity index is 1.56. The SMILES string of the molecule is Cc1ccc(O)c(C(=O)NCCc2ccc(-c3ccc(C(=O)OC(C)(C)C)cc3)cc2)c1. The van der Waals surface area contributed by atoms with Crippen LogP contribution >= 0.6 is 0 Å². The lowest BCUT2D eigenvalue weighted by Crippen LogP contribution is -2.25. The van der Waals surface area contributed by atoms with Gasteiger partial charge >= 0.3 is 5.97 Å². The fourth-order valence-corrected chi connectivity index (χ4v) is 3.25. The molecule has 0 saturated carbocycles. The Labute approximate surface area is 189 Å². The van der Waals surface area contributed by atoms with Crippen LogP contribution in [0.4, 0.5) is 0 Å². The van der Waals surface area contributed by atoms with Gasteiger partial charge in [-0.1, -0.05) is 48.0 Å². The minimum Gasteiger partial charge on any atom is -0.507 e. The van der Waals surface area contributed by atoms with Gasteiger partial charge in [0.15, 0.2) is 0 Å². The molecule has 3 aromatic carbocycles. The predicted octanol–water partition coefficient (Wildman–Crippen LogP) is 5.30. The van der Waals surface area contributed by atoms with E-state index < -0.39 is 5.60 Å². The first-order chi connectivity index (χ1) is 15.1. The van der Waals surface area contributed by atoms with Gasteiger partial charge in [0.1, 0.15) is 11.4 Å². The van der Waals surface area contributed by atoms with E-state index in [4.69, 9.17) is 4.74 Å². The molecule has 3 aromatic rings. The number of phenols is 1. The highest BCUT2D eigenvalue weighted by Gasteiger charge is 2.17. The van der Waals surface area contributed by atoms with E-state index in [2.05, 4.69) is 5.32 Å². The minimum absolute atomic E-state index is 0.0184. The fraction of sp³-hybridized carbons (Fsp3) is 0.259. The molecule has 0 saturated heterocycles. The number of amides is 1. The van der Waals surface area contributed by atoms with E-state index in [9.17, 15) is 14.7 Å². The van der Waals surface area contributed by atoms with Crippen LogP contribution in [0.3, 0.4) is 0 Å². The highest BCUT2D eigenvalue weighted by atomic mass is 16.6. The number of ether oxygens (including phenoxy) is 1. The Morgan fingerprint density at radius 2 is 1.50 bits per heavy atom. The molecule has 0 aliphatic rings. The number of hydrogen-bond acceptors (Lipinski definition) is 4. The fourth-order valence-electron chi connectivity index (χ4n) is 3.25. The number of esters is 1. The van der Waals surface area contributed by atoms with Crippen LogP contribution in [0.2, 0.25) is 0 Å². The Morgan fingerprint density at radius 3 is 2.09 bits per heavy atom. The molecule has 1 amide bonds. The van der Waals surface area contributed by atoms with E-state index >= 15 is 0 Å². The van der Waals surface area contributed by atoms with Crippen molar-refractivity contribution in [2.75, 3.05) is 6.54 Å². The summed E-state index contributed by atoms with van der Waals surface area (Å²) < 4.78 is 5.40. The molecule has 0 radical (unpaired) electrons. The second-order valence-corrected chi connectivity index (χ2v) is 8.80. The smallest absolute Gasteiger partial charge is 0.338 e. The lowest BCUT2D eigenvalue weighted by atomic mass is 10.0. The number of aryl methyl sites for hydroxylation is 1. The molecular formula is C27H29NO4. The Morgan fingerprint density at radius 1 is 0.906 bits per heavy atom. The molecule has 2 N–H and O–H groups in total. The highest BCUT2D eigenvalue weighted by molar-refractivity contribution is 5.97. The molecule has 0 heterocycles. The van der Waals surface area contributed by atoms with Gasteiger partial charge in [0, 0.05) is 6.54 Å². The summed E-state index contributed by atoms with van der Waals surface area (Å²) in [7, 11) is 0. The van der Waals surface area contributed by atoms with Crippen LogP contribution in [-0.4, -0.2) is 29.1 Å². The van der Waals surface area contributed by atoms with Gasteiger partial charge in [-0.3, -0.25) is 4.79 Å². The van der Waals surface area contributed by atoms with Crippen molar-refractivity contribution in [3.05, 3.63) is 89.0 Å². The van der Waals surface area contributed by atoms with Crippen molar-refractivity contribution in [1.82, 2.24) is 5.32 Å². The number of benzene rings is 3. The molecule has 0 unspecified atom stereocenters. The van der Waals surface area contributed by atoms with Crippen molar-refractivity contribution < 1.29 is 19.4 Å². The standard InChI is InChI=1S/C27H29NO4/c1-18-5-14-24(29)23(17-18)25(30)28-16-15-19-6-8-20(9-7-19)21-10-12-22(13-11-21)26(31)32-27(2,3)4/h5-14,17,29H,15-16H2,1-4H3,(H,28,30). The number of phenolic OH excluding ortho intramolecular Hbond substituents is 1. The zero-order valence-electron chi connectivity index (χ0n) is 18.9. The molecule has 32 heavy (non-hydrogen) atoms. The van der Waals surface area contributed by atoms with Gasteiger partial charge in [0.2, 0.25) is 0 Å². The van der Waals surface area contributed by atoms with Crippen molar-refractivity contribution in [2.45, 2.75) is 39.7 Å². The molecule has 0 atom stereocenters. The summed E-state index contributed by atoms with van der Waals surface area (Å²) in [5, 5.41) is 12.7. The molecule has 3 rings (SSSR count). The van der Waals surface area contributed by atoms with Crippen molar-refractivity contribution in [3.8, 4) is 16.9 Å². The summed E-state index contributed by atoms with van der Waals surface area (Å²) in [6.07, 6.45) is 0.677. The lowest BCUT2D eigenvalue weighted by Gasteiger charge is -2.19. The van der Waals surface area contributed by atoms with Gasteiger partial charge in [0.05, 0.1) is 11.1 Å². The number of nitrogens with one attached hydrogen (secondary N) is 1. The summed E-state index contributed by atoms with van der Waals surface area (Å²) in [6, 6.07) is 20.4. The monoisotopic (exact) mass is 431 g/mol. The van der Waals surface area contributed by atoms with E-state index in [0.717, 1.165) is 22.3 Å². The van der Waals surface area contributed by atoms with Crippen molar-refractivity contribution >= 4 is 11.9 Å². The van der Waals surface area contributed by atoms with Crippen LogP contribution < -0.4 is 5.32 Å². The van der Waals surface area contributed by atoms with Crippen molar-refractivity contribution in [1.29, 1.82) is 0 Å². The number of hydrogen-bond donors (Lipinski definition) is 2. The van der Waals surface area contributed by atoms with Crippen LogP contribution in [0, 0.1) is 6.92 Å². The van der Waals surface area contributed by atoms with E-state index in [1.54, 1.807) is 24.3 Å². The lowest BCUT2D eigenvalue weighted by molar-refractivity contribution is 0.00694. The Hall–Kier alpha value is -3.60. The van der Waals surface area contributed by atoms with Crippen LogP contribution in [0.25, 0.3) is 11.1 Å². The average molecular weight is 432 g/mol. The molecule has 5 heteroatoms. The van der Waals surface area contributed by atoms with Gasteiger partial charge < -0.3 is 15.2 Å². The van der Waals surface area contributed by atoms with Gasteiger partial charge in [-0.25, -0.2) is 4.79 Å². The van der Waals surface area contributed by atoms with Crippen LogP contribution in [0.5, 0.6) is 5.75 Å². The number of rotatable bonds is 6. The summed E-state index contributed by atoms with van der Waals surface area (Å²) in [4.78, 5) is 24.5. The molecule has 0 aliphatic carbocycles. The predicted molar refractivity (Wildman–Crippen MR) is 126 cm³/mol. The molecule has 5 nitrogen and oxygen atoms in total. The van der Waals surface area contributed by atoms with E-state index in [0.29, 0.717) is 18.5 Å². The Kier molecular flexibility index (Phi) is 6.98. The van der Waals surface area contributed by atoms with Crippen molar-refractivity contribution in [3.63, 3.8) is 0 Å². The summed E-state index contributed by atoms with van der Waals surface area (Å²) >= 11 is 0. The maximum atomic E-state index is 12.3. The third-order valence-electron chi connectivity index (χ3n) is 4.90. The number of carbonyl (C=O) groups excluding carboxylic acids is 2. The first-order valence-electron chi connectivity index (χ1n) is 10.6. The maximum absolute atomic E-state index is 12.3. The second-order valence-electron chi connectivity index (χ2n) is 8.80. The number of carbonyl (C=O) groups is 2. The van der Waals surface area contributed by atoms with Crippen LogP contribution in [0.15, 0.2) is 66.7 Å². The zero-order valence-corrected chi connectivity index (χ0v) is 18.9. The first-order valence-corrected chi connectivity index (χ1v) is 10.6. The van der Waals surface area contributed by atoms with Crippen LogP contribution in [0.1, 0.15) is 52.6 Å². The van der Waals surface area contributed by atoms with E-state index in [1.807, 2.05) is 64.1 Å². The molecule has 0 aliphatic heterocycles. The molecule has 166 valence electrons. The minimum atomic E-state index is -0.522. The quantitative estimate of drug-likeness (QED) is 0.520. The molecule has 0 aromatic heterocycles. The number of aromatic hydroxyl groups is 1. The maximum Gasteiger partial charge on any atom is 0.338 e. The summed E-state index contributed by atoms with van der Waals surface area (Å²) in [6.45, 7) is 7.88. The largest absolute Gasteiger partial charge is 0.507 e. The van der Waals surface area contributed by atoms with E-state index in [1.165, 1.54) is 6.07 Å². The van der Waals surface area contributed by atoms with Gasteiger partial charge in [-0.2, -0.15) is 0 Å². The zero-order chi connectivity index (χ0) is 23.3.